The summed E-state index contributed by atoms with van der Waals surface area (Å²) >= 11 is 0. The zero-order valence-electron chi connectivity index (χ0n) is 12.0. The molecule has 1 unspecified atom stereocenters. The molecule has 1 aliphatic heterocycles. The molecule has 0 amide bonds. The van der Waals surface area contributed by atoms with E-state index in [9.17, 15) is 4.79 Å². The Bertz CT molecular complexity index is 477. The van der Waals surface area contributed by atoms with Gasteiger partial charge in [0.05, 0.1) is 25.6 Å². The summed E-state index contributed by atoms with van der Waals surface area (Å²) < 4.78 is 10.0. The second-order valence-corrected chi connectivity index (χ2v) is 5.04. The summed E-state index contributed by atoms with van der Waals surface area (Å²) in [6.45, 7) is 2.43. The van der Waals surface area contributed by atoms with Gasteiger partial charge in [-0.1, -0.05) is 0 Å². The molecule has 0 bridgehead atoms. The number of hydrogen-bond donors (Lipinski definition) is 1. The van der Waals surface area contributed by atoms with Crippen LogP contribution in [0.5, 0.6) is 0 Å². The Kier molecular flexibility index (Phi) is 4.79. The van der Waals surface area contributed by atoms with Gasteiger partial charge in [-0.05, 0) is 24.8 Å². The first kappa shape index (κ1) is 14.6. The van der Waals surface area contributed by atoms with Gasteiger partial charge in [0.2, 0.25) is 0 Å². The fourth-order valence-electron chi connectivity index (χ4n) is 2.62. The summed E-state index contributed by atoms with van der Waals surface area (Å²) in [6.07, 6.45) is 3.76. The third kappa shape index (κ3) is 3.19. The van der Waals surface area contributed by atoms with Crippen LogP contribution in [-0.4, -0.2) is 44.9 Å². The minimum Gasteiger partial charge on any atom is -0.465 e. The molecular weight excluding hydrogens is 258 g/mol. The Labute approximate surface area is 118 Å². The molecule has 110 valence electrons. The van der Waals surface area contributed by atoms with Crippen molar-refractivity contribution in [1.82, 2.24) is 4.98 Å². The molecular formula is C14H21N3O3. The summed E-state index contributed by atoms with van der Waals surface area (Å²) in [4.78, 5) is 18.3. The van der Waals surface area contributed by atoms with Crippen LogP contribution in [-0.2, 0) is 9.47 Å². The van der Waals surface area contributed by atoms with Gasteiger partial charge >= 0.3 is 5.97 Å². The Morgan fingerprint density at radius 3 is 3.05 bits per heavy atom. The van der Waals surface area contributed by atoms with E-state index < -0.39 is 5.97 Å². The van der Waals surface area contributed by atoms with Crippen molar-refractivity contribution in [3.05, 3.63) is 17.8 Å². The Hall–Kier alpha value is -1.82. The van der Waals surface area contributed by atoms with E-state index in [1.165, 1.54) is 7.11 Å². The van der Waals surface area contributed by atoms with Crippen molar-refractivity contribution in [2.45, 2.75) is 12.8 Å². The van der Waals surface area contributed by atoms with Gasteiger partial charge in [-0.25, -0.2) is 9.78 Å². The molecule has 20 heavy (non-hydrogen) atoms. The minimum absolute atomic E-state index is 0.409. The smallest absolute Gasteiger partial charge is 0.341 e. The molecule has 6 heteroatoms. The zero-order chi connectivity index (χ0) is 14.5. The number of anilines is 2. The van der Waals surface area contributed by atoms with Crippen LogP contribution in [0.15, 0.2) is 12.3 Å². The molecule has 2 rings (SSSR count). The lowest BCUT2D eigenvalue weighted by Gasteiger charge is -2.34. The SMILES string of the molecule is COCC1CCCN(c2ncc(N)cc2C(=O)OC)C1. The number of hydrogen-bond acceptors (Lipinski definition) is 6. The Balaban J connectivity index is 2.25. The second-order valence-electron chi connectivity index (χ2n) is 5.04. The summed E-state index contributed by atoms with van der Waals surface area (Å²) in [6, 6.07) is 1.62. The molecule has 1 atom stereocenters. The summed E-state index contributed by atoms with van der Waals surface area (Å²) in [5, 5.41) is 0. The average Bonchev–Trinajstić information content (AvgIpc) is 2.47. The standard InChI is InChI=1S/C14H21N3O3/c1-19-9-10-4-3-5-17(8-10)13-12(14(18)20-2)6-11(15)7-16-13/h6-7,10H,3-5,8-9,15H2,1-2H3. The lowest BCUT2D eigenvalue weighted by Crippen LogP contribution is -2.38. The predicted octanol–water partition coefficient (Wildman–Crippen LogP) is 1.31. The molecule has 1 saturated heterocycles. The maximum absolute atomic E-state index is 11.9. The first-order chi connectivity index (χ1) is 9.65. The van der Waals surface area contributed by atoms with Crippen molar-refractivity contribution in [3.8, 4) is 0 Å². The van der Waals surface area contributed by atoms with E-state index in [0.717, 1.165) is 32.5 Å². The zero-order valence-corrected chi connectivity index (χ0v) is 12.0. The summed E-state index contributed by atoms with van der Waals surface area (Å²) in [5.41, 5.74) is 6.60. The van der Waals surface area contributed by atoms with Crippen molar-refractivity contribution >= 4 is 17.5 Å². The summed E-state index contributed by atoms with van der Waals surface area (Å²) in [5.74, 6) is 0.694. The molecule has 0 saturated carbocycles. The van der Waals surface area contributed by atoms with Crippen molar-refractivity contribution in [2.24, 2.45) is 5.92 Å². The maximum atomic E-state index is 11.9. The highest BCUT2D eigenvalue weighted by molar-refractivity contribution is 5.95. The lowest BCUT2D eigenvalue weighted by molar-refractivity contribution is 0.0601. The Morgan fingerprint density at radius 1 is 1.55 bits per heavy atom. The highest BCUT2D eigenvalue weighted by Crippen LogP contribution is 2.26. The minimum atomic E-state index is -0.409. The molecule has 2 N–H and O–H groups in total. The van der Waals surface area contributed by atoms with Crippen LogP contribution in [0.1, 0.15) is 23.2 Å². The molecule has 1 aromatic rings. The third-order valence-electron chi connectivity index (χ3n) is 3.51. The molecule has 2 heterocycles. The van der Waals surface area contributed by atoms with Gasteiger partial charge in [-0.15, -0.1) is 0 Å². The number of pyridine rings is 1. The highest BCUT2D eigenvalue weighted by atomic mass is 16.5. The fraction of sp³-hybridized carbons (Fsp3) is 0.571. The fourth-order valence-corrected chi connectivity index (χ4v) is 2.62. The van der Waals surface area contributed by atoms with E-state index in [1.807, 2.05) is 0 Å². The average molecular weight is 279 g/mol. The first-order valence-corrected chi connectivity index (χ1v) is 6.73. The number of methoxy groups -OCH3 is 2. The lowest BCUT2D eigenvalue weighted by atomic mass is 9.98. The summed E-state index contributed by atoms with van der Waals surface area (Å²) in [7, 11) is 3.07. The first-order valence-electron chi connectivity index (χ1n) is 6.73. The maximum Gasteiger partial charge on any atom is 0.341 e. The predicted molar refractivity (Wildman–Crippen MR) is 76.8 cm³/mol. The Morgan fingerprint density at radius 2 is 2.35 bits per heavy atom. The quantitative estimate of drug-likeness (QED) is 0.837. The monoisotopic (exact) mass is 279 g/mol. The number of ether oxygens (including phenoxy) is 2. The van der Waals surface area contributed by atoms with Crippen LogP contribution in [0, 0.1) is 5.92 Å². The molecule has 6 nitrogen and oxygen atoms in total. The number of aromatic nitrogens is 1. The van der Waals surface area contributed by atoms with Gasteiger partial charge < -0.3 is 20.1 Å². The van der Waals surface area contributed by atoms with E-state index in [1.54, 1.807) is 19.4 Å². The van der Waals surface area contributed by atoms with Crippen molar-refractivity contribution in [3.63, 3.8) is 0 Å². The van der Waals surface area contributed by atoms with Crippen LogP contribution in [0.3, 0.4) is 0 Å². The van der Waals surface area contributed by atoms with Crippen LogP contribution in [0.2, 0.25) is 0 Å². The molecule has 1 fully saturated rings. The number of nitrogens with zero attached hydrogens (tertiary/aromatic N) is 2. The number of carbonyl (C=O) groups excluding carboxylic acids is 1. The number of nitrogens with two attached hydrogens (primary N) is 1. The number of piperidine rings is 1. The molecule has 0 spiro atoms. The van der Waals surface area contributed by atoms with Crippen LogP contribution in [0.4, 0.5) is 11.5 Å². The van der Waals surface area contributed by atoms with Gasteiger partial charge in [0.1, 0.15) is 11.4 Å². The third-order valence-corrected chi connectivity index (χ3v) is 3.51. The van der Waals surface area contributed by atoms with Gasteiger partial charge in [-0.2, -0.15) is 0 Å². The van der Waals surface area contributed by atoms with Gasteiger partial charge in [-0.3, -0.25) is 0 Å². The van der Waals surface area contributed by atoms with Crippen LogP contribution >= 0.6 is 0 Å². The van der Waals surface area contributed by atoms with Crippen LogP contribution in [0.25, 0.3) is 0 Å². The van der Waals surface area contributed by atoms with Gasteiger partial charge in [0.25, 0.3) is 0 Å². The van der Waals surface area contributed by atoms with Crippen molar-refractivity contribution in [1.29, 1.82) is 0 Å². The number of esters is 1. The normalized spacial score (nSPS) is 18.9. The topological polar surface area (TPSA) is 77.7 Å². The molecule has 0 radical (unpaired) electrons. The number of carbonyl (C=O) groups is 1. The number of nitrogen functional groups attached to an aromatic ring is 1. The molecule has 1 aromatic heterocycles. The van der Waals surface area contributed by atoms with E-state index in [-0.39, 0.29) is 0 Å². The highest BCUT2D eigenvalue weighted by Gasteiger charge is 2.25. The van der Waals surface area contributed by atoms with E-state index in [0.29, 0.717) is 23.0 Å². The van der Waals surface area contributed by atoms with Crippen LogP contribution < -0.4 is 10.6 Å². The van der Waals surface area contributed by atoms with Gasteiger partial charge in [0, 0.05) is 20.2 Å². The molecule has 1 aliphatic rings. The van der Waals surface area contributed by atoms with E-state index >= 15 is 0 Å². The molecule has 0 aromatic carbocycles. The largest absolute Gasteiger partial charge is 0.465 e. The second kappa shape index (κ2) is 6.56. The van der Waals surface area contributed by atoms with E-state index in [2.05, 4.69) is 9.88 Å². The van der Waals surface area contributed by atoms with Gasteiger partial charge in [0.15, 0.2) is 0 Å². The number of rotatable bonds is 4. The molecule has 0 aliphatic carbocycles. The van der Waals surface area contributed by atoms with E-state index in [4.69, 9.17) is 15.2 Å². The van der Waals surface area contributed by atoms with Crippen molar-refractivity contribution in [2.75, 3.05) is 44.5 Å². The van der Waals surface area contributed by atoms with Crippen molar-refractivity contribution < 1.29 is 14.3 Å².